The maximum atomic E-state index is 13.7. The van der Waals surface area contributed by atoms with Crippen molar-refractivity contribution < 1.29 is 54.1 Å². The van der Waals surface area contributed by atoms with E-state index in [1.807, 2.05) is 0 Å². The number of phenolic OH excluding ortho intramolecular Hbond substituents is 1. The molecule has 1 heterocycles. The smallest absolute Gasteiger partial charge is 0.308 e. The van der Waals surface area contributed by atoms with Crippen LogP contribution in [0.5, 0.6) is 17.2 Å². The van der Waals surface area contributed by atoms with E-state index < -0.39 is 60.6 Å². The van der Waals surface area contributed by atoms with Gasteiger partial charge in [0.1, 0.15) is 35.6 Å². The Balaban J connectivity index is 1.65. The van der Waals surface area contributed by atoms with Crippen LogP contribution in [0, 0.1) is 0 Å². The zero-order valence-electron chi connectivity index (χ0n) is 21.4. The number of aliphatic hydroxyl groups excluding tert-OH is 4. The van der Waals surface area contributed by atoms with Crippen LogP contribution in [0.3, 0.4) is 0 Å². The van der Waals surface area contributed by atoms with Gasteiger partial charge >= 0.3 is 5.97 Å². The van der Waals surface area contributed by atoms with Gasteiger partial charge in [0, 0.05) is 29.2 Å². The van der Waals surface area contributed by atoms with E-state index in [2.05, 4.69) is 0 Å². The minimum absolute atomic E-state index is 0.00103. The van der Waals surface area contributed by atoms with Gasteiger partial charge in [-0.2, -0.15) is 0 Å². The summed E-state index contributed by atoms with van der Waals surface area (Å²) < 4.78 is 16.6. The third-order valence-electron chi connectivity index (χ3n) is 7.69. The highest BCUT2D eigenvalue weighted by Crippen LogP contribution is 2.49. The van der Waals surface area contributed by atoms with Crippen molar-refractivity contribution in [3.05, 3.63) is 51.6 Å². The van der Waals surface area contributed by atoms with Crippen LogP contribution in [0.2, 0.25) is 0 Å². The number of carbonyl (C=O) groups is 3. The number of aliphatic hydroxyl groups is 4. The fourth-order valence-corrected chi connectivity index (χ4v) is 5.75. The molecule has 0 bridgehead atoms. The van der Waals surface area contributed by atoms with Crippen LogP contribution in [0.15, 0.2) is 18.2 Å². The Morgan fingerprint density at radius 1 is 0.974 bits per heavy atom. The van der Waals surface area contributed by atoms with Gasteiger partial charge in [-0.25, -0.2) is 0 Å². The first-order chi connectivity index (χ1) is 18.5. The number of hydrogen-bond acceptors (Lipinski definition) is 11. The molecule has 2 aromatic rings. The molecule has 2 fully saturated rings. The number of phenols is 1. The van der Waals surface area contributed by atoms with Crippen LogP contribution in [0.25, 0.3) is 0 Å². The lowest BCUT2D eigenvalue weighted by molar-refractivity contribution is -0.268. The van der Waals surface area contributed by atoms with Crippen LogP contribution >= 0.6 is 0 Å². The Morgan fingerprint density at radius 3 is 2.28 bits per heavy atom. The zero-order valence-corrected chi connectivity index (χ0v) is 21.4. The molecule has 39 heavy (non-hydrogen) atoms. The van der Waals surface area contributed by atoms with Gasteiger partial charge in [0.05, 0.1) is 18.3 Å². The second-order valence-corrected chi connectivity index (χ2v) is 10.3. The first-order valence-electron chi connectivity index (χ1n) is 12.8. The number of rotatable bonds is 5. The molecule has 5 atom stereocenters. The summed E-state index contributed by atoms with van der Waals surface area (Å²) in [6, 6.07) is 3.83. The SMILES string of the molecule is CC(=O)Oc1cc(CO)c2c(c1)C(=O)c1cc(O[C@H]3O[C@@H](C)[C@@H](O)[C@@H](O)[C@H]3O)c(C3CCCC3)c(O)c1C2=O. The molecule has 0 radical (unpaired) electrons. The largest absolute Gasteiger partial charge is 0.507 e. The average Bonchev–Trinajstić information content (AvgIpc) is 3.42. The molecule has 0 amide bonds. The van der Waals surface area contributed by atoms with E-state index in [1.54, 1.807) is 0 Å². The highest BCUT2D eigenvalue weighted by Gasteiger charge is 2.45. The molecule has 5 rings (SSSR count). The molecule has 1 saturated heterocycles. The van der Waals surface area contributed by atoms with E-state index in [0.29, 0.717) is 12.8 Å². The Bertz CT molecular complexity index is 1340. The van der Waals surface area contributed by atoms with Crippen molar-refractivity contribution in [3.8, 4) is 17.2 Å². The molecule has 2 aliphatic carbocycles. The average molecular weight is 543 g/mol. The molecule has 1 saturated carbocycles. The molecule has 1 aliphatic heterocycles. The van der Waals surface area contributed by atoms with Crippen molar-refractivity contribution in [3.63, 3.8) is 0 Å². The summed E-state index contributed by atoms with van der Waals surface area (Å²) in [6.07, 6.45) is -3.77. The number of ether oxygens (including phenoxy) is 3. The van der Waals surface area contributed by atoms with E-state index in [9.17, 15) is 39.9 Å². The molecule has 208 valence electrons. The highest BCUT2D eigenvalue weighted by molar-refractivity contribution is 6.30. The Kier molecular flexibility index (Phi) is 7.21. The number of hydrogen-bond donors (Lipinski definition) is 5. The zero-order chi connectivity index (χ0) is 28.2. The summed E-state index contributed by atoms with van der Waals surface area (Å²) in [5.41, 5.74) is -0.271. The van der Waals surface area contributed by atoms with Gasteiger partial charge in [0.2, 0.25) is 6.29 Å². The molecule has 0 unspecified atom stereocenters. The van der Waals surface area contributed by atoms with Crippen molar-refractivity contribution in [1.82, 2.24) is 0 Å². The Hall–Kier alpha value is -3.35. The lowest BCUT2D eigenvalue weighted by atomic mass is 9.79. The summed E-state index contributed by atoms with van der Waals surface area (Å²) in [5, 5.41) is 52.3. The van der Waals surface area contributed by atoms with Gasteiger partial charge in [0.25, 0.3) is 0 Å². The summed E-state index contributed by atoms with van der Waals surface area (Å²) in [4.78, 5) is 38.9. The molecule has 0 spiro atoms. The van der Waals surface area contributed by atoms with E-state index in [0.717, 1.165) is 12.8 Å². The van der Waals surface area contributed by atoms with Crippen molar-refractivity contribution in [1.29, 1.82) is 0 Å². The summed E-state index contributed by atoms with van der Waals surface area (Å²) in [6.45, 7) is 2.05. The van der Waals surface area contributed by atoms with E-state index in [4.69, 9.17) is 14.2 Å². The lowest BCUT2D eigenvalue weighted by Crippen LogP contribution is -2.58. The van der Waals surface area contributed by atoms with Crippen molar-refractivity contribution in [2.75, 3.05) is 0 Å². The maximum Gasteiger partial charge on any atom is 0.308 e. The van der Waals surface area contributed by atoms with Crippen LogP contribution < -0.4 is 9.47 Å². The third kappa shape index (κ3) is 4.60. The molecule has 0 aromatic heterocycles. The minimum atomic E-state index is -1.64. The molecule has 3 aliphatic rings. The van der Waals surface area contributed by atoms with Crippen molar-refractivity contribution in [2.45, 2.75) is 82.8 Å². The normalized spacial score (nSPS) is 26.8. The number of carbonyl (C=O) groups excluding carboxylic acids is 3. The van der Waals surface area contributed by atoms with E-state index in [-0.39, 0.29) is 50.8 Å². The van der Waals surface area contributed by atoms with Crippen LogP contribution in [0.4, 0.5) is 0 Å². The van der Waals surface area contributed by atoms with E-state index >= 15 is 0 Å². The van der Waals surface area contributed by atoms with Crippen LogP contribution in [0.1, 0.15) is 88.4 Å². The number of ketones is 2. The fraction of sp³-hybridized carbons (Fsp3) is 0.464. The predicted molar refractivity (Wildman–Crippen MR) is 133 cm³/mol. The van der Waals surface area contributed by atoms with Crippen LogP contribution in [-0.4, -0.2) is 73.8 Å². The second-order valence-electron chi connectivity index (χ2n) is 10.3. The van der Waals surface area contributed by atoms with Gasteiger partial charge in [-0.1, -0.05) is 12.8 Å². The van der Waals surface area contributed by atoms with E-state index in [1.165, 1.54) is 32.0 Å². The fourth-order valence-electron chi connectivity index (χ4n) is 5.75. The first-order valence-corrected chi connectivity index (χ1v) is 12.8. The Labute approximate surface area is 223 Å². The summed E-state index contributed by atoms with van der Waals surface area (Å²) in [7, 11) is 0. The predicted octanol–water partition coefficient (Wildman–Crippen LogP) is 1.45. The van der Waals surface area contributed by atoms with Crippen LogP contribution in [-0.2, 0) is 16.1 Å². The number of aromatic hydroxyl groups is 1. The van der Waals surface area contributed by atoms with Gasteiger partial charge in [-0.3, -0.25) is 14.4 Å². The number of fused-ring (bicyclic) bond motifs is 2. The molecule has 2 aromatic carbocycles. The van der Waals surface area contributed by atoms with Crippen molar-refractivity contribution in [2.24, 2.45) is 0 Å². The quantitative estimate of drug-likeness (QED) is 0.233. The van der Waals surface area contributed by atoms with Gasteiger partial charge in [-0.15, -0.1) is 0 Å². The molecular formula is C28H30O11. The Morgan fingerprint density at radius 2 is 1.64 bits per heavy atom. The number of esters is 1. The first kappa shape index (κ1) is 27.2. The van der Waals surface area contributed by atoms with Gasteiger partial charge < -0.3 is 39.7 Å². The molecule has 11 nitrogen and oxygen atoms in total. The molecule has 11 heteroatoms. The van der Waals surface area contributed by atoms with Gasteiger partial charge in [0.15, 0.2) is 11.6 Å². The minimum Gasteiger partial charge on any atom is -0.507 e. The standard InChI is InChI=1S/C28H30O11/c1-11-22(31)26(35)27(36)28(37-11)39-18-9-17-21(25(34)20(18)13-5-3-4-6-13)24(33)19-14(10-29)7-15(38-12(2)30)8-16(19)23(17)32/h7-9,11,13,22,26-29,31,34-36H,3-6,10H2,1-2H3/t11-,22+,26+,27+,28+/m0/s1. The molecule has 5 N–H and O–H groups in total. The maximum absolute atomic E-state index is 13.7. The third-order valence-corrected chi connectivity index (χ3v) is 7.69. The topological polar surface area (TPSA) is 180 Å². The summed E-state index contributed by atoms with van der Waals surface area (Å²) in [5.74, 6) is -2.69. The highest BCUT2D eigenvalue weighted by atomic mass is 16.7. The van der Waals surface area contributed by atoms with Gasteiger partial charge in [-0.05, 0) is 49.4 Å². The second kappa shape index (κ2) is 10.3. The molecular weight excluding hydrogens is 512 g/mol. The van der Waals surface area contributed by atoms with Crippen molar-refractivity contribution >= 4 is 17.5 Å². The number of benzene rings is 2. The monoisotopic (exact) mass is 542 g/mol. The summed E-state index contributed by atoms with van der Waals surface area (Å²) >= 11 is 0. The lowest BCUT2D eigenvalue weighted by Gasteiger charge is -2.39.